The largest absolute Gasteiger partial charge is 0.480 e. The van der Waals surface area contributed by atoms with Crippen molar-refractivity contribution in [3.63, 3.8) is 0 Å². The lowest BCUT2D eigenvalue weighted by molar-refractivity contribution is -0.137. The maximum Gasteiger partial charge on any atom is 0.325 e. The zero-order valence-electron chi connectivity index (χ0n) is 9.81. The number of carbonyl (C=O) groups is 1. The Labute approximate surface area is 101 Å². The van der Waals surface area contributed by atoms with E-state index >= 15 is 0 Å². The van der Waals surface area contributed by atoms with Gasteiger partial charge in [0.25, 0.3) is 6.43 Å². The molecule has 0 fully saturated rings. The lowest BCUT2D eigenvalue weighted by atomic mass is 10.1. The number of pyridine rings is 1. The van der Waals surface area contributed by atoms with Gasteiger partial charge >= 0.3 is 5.97 Å². The van der Waals surface area contributed by atoms with Crippen LogP contribution in [0.5, 0.6) is 0 Å². The minimum atomic E-state index is -2.64. The number of rotatable bonds is 3. The molecule has 18 heavy (non-hydrogen) atoms. The topological polar surface area (TPSA) is 68.0 Å². The molecule has 0 amide bonds. The van der Waals surface area contributed by atoms with Gasteiger partial charge in [0.15, 0.2) is 5.65 Å². The molecule has 0 unspecified atom stereocenters. The van der Waals surface area contributed by atoms with Crippen LogP contribution < -0.4 is 0 Å². The molecule has 0 atom stereocenters. The van der Waals surface area contributed by atoms with Crippen LogP contribution in [0, 0.1) is 13.8 Å². The summed E-state index contributed by atoms with van der Waals surface area (Å²) in [6.45, 7) is 2.74. The van der Waals surface area contributed by atoms with Crippen LogP contribution in [0.4, 0.5) is 8.78 Å². The first-order valence-corrected chi connectivity index (χ1v) is 5.24. The fourth-order valence-electron chi connectivity index (χ4n) is 1.93. The third-order valence-corrected chi connectivity index (χ3v) is 2.56. The highest BCUT2D eigenvalue weighted by Crippen LogP contribution is 2.29. The second kappa shape index (κ2) is 4.32. The third-order valence-electron chi connectivity index (χ3n) is 2.56. The Hall–Kier alpha value is -2.05. The smallest absolute Gasteiger partial charge is 0.325 e. The molecule has 0 aliphatic carbocycles. The summed E-state index contributed by atoms with van der Waals surface area (Å²) in [7, 11) is 0. The van der Waals surface area contributed by atoms with Gasteiger partial charge in [-0.3, -0.25) is 4.79 Å². The number of alkyl halides is 2. The first-order valence-electron chi connectivity index (χ1n) is 5.24. The summed E-state index contributed by atoms with van der Waals surface area (Å²) in [5, 5.41) is 12.9. The Morgan fingerprint density at radius 2 is 2.17 bits per heavy atom. The van der Waals surface area contributed by atoms with Gasteiger partial charge in [-0.15, -0.1) is 0 Å². The summed E-state index contributed by atoms with van der Waals surface area (Å²) in [6.07, 6.45) is -2.64. The number of carboxylic acid groups (broad SMARTS) is 1. The van der Waals surface area contributed by atoms with Gasteiger partial charge in [-0.25, -0.2) is 18.4 Å². The number of hydrogen-bond acceptors (Lipinski definition) is 3. The number of fused-ring (bicyclic) bond motifs is 1. The highest BCUT2D eigenvalue weighted by Gasteiger charge is 2.20. The molecule has 2 aromatic heterocycles. The van der Waals surface area contributed by atoms with E-state index in [1.54, 1.807) is 13.8 Å². The van der Waals surface area contributed by atoms with Crippen molar-refractivity contribution >= 4 is 17.0 Å². The van der Waals surface area contributed by atoms with Crippen molar-refractivity contribution in [2.45, 2.75) is 26.8 Å². The van der Waals surface area contributed by atoms with E-state index in [0.717, 1.165) is 4.68 Å². The van der Waals surface area contributed by atoms with Crippen LogP contribution in [0.2, 0.25) is 0 Å². The van der Waals surface area contributed by atoms with Crippen molar-refractivity contribution < 1.29 is 18.7 Å². The van der Waals surface area contributed by atoms with Gasteiger partial charge in [-0.05, 0) is 19.9 Å². The van der Waals surface area contributed by atoms with Gasteiger partial charge in [0.05, 0.1) is 11.1 Å². The van der Waals surface area contributed by atoms with Gasteiger partial charge in [0, 0.05) is 11.3 Å². The quantitative estimate of drug-likeness (QED) is 0.911. The van der Waals surface area contributed by atoms with E-state index in [-0.39, 0.29) is 16.6 Å². The Bertz CT molecular complexity index is 622. The Balaban J connectivity index is 2.75. The molecule has 0 aliphatic rings. The van der Waals surface area contributed by atoms with E-state index in [0.29, 0.717) is 11.4 Å². The van der Waals surface area contributed by atoms with E-state index < -0.39 is 18.9 Å². The number of hydrogen-bond donors (Lipinski definition) is 1. The van der Waals surface area contributed by atoms with Crippen molar-refractivity contribution in [2.75, 3.05) is 0 Å². The van der Waals surface area contributed by atoms with E-state index in [4.69, 9.17) is 5.11 Å². The molecule has 2 aromatic rings. The molecule has 1 N–H and O–H groups in total. The molecule has 0 aromatic carbocycles. The van der Waals surface area contributed by atoms with Crippen molar-refractivity contribution in [3.05, 3.63) is 23.0 Å². The Kier molecular flexibility index (Phi) is 2.98. The lowest BCUT2D eigenvalue weighted by Crippen LogP contribution is -2.11. The van der Waals surface area contributed by atoms with Gasteiger partial charge in [0.2, 0.25) is 0 Å². The molecule has 0 spiro atoms. The summed E-state index contributed by atoms with van der Waals surface area (Å²) in [5.74, 6) is -1.10. The van der Waals surface area contributed by atoms with Crippen LogP contribution >= 0.6 is 0 Å². The van der Waals surface area contributed by atoms with Crippen LogP contribution in [0.25, 0.3) is 11.0 Å². The predicted molar refractivity (Wildman–Crippen MR) is 59.6 cm³/mol. The molecule has 0 saturated heterocycles. The van der Waals surface area contributed by atoms with Crippen LogP contribution in [0.1, 0.15) is 23.4 Å². The van der Waals surface area contributed by atoms with Crippen LogP contribution in [-0.2, 0) is 11.3 Å². The highest BCUT2D eigenvalue weighted by molar-refractivity contribution is 5.83. The van der Waals surface area contributed by atoms with E-state index in [1.807, 2.05) is 0 Å². The second-order valence-corrected chi connectivity index (χ2v) is 3.99. The number of nitrogens with zero attached hydrogens (tertiary/aromatic N) is 3. The van der Waals surface area contributed by atoms with Crippen molar-refractivity contribution in [1.29, 1.82) is 0 Å². The Morgan fingerprint density at radius 1 is 1.50 bits per heavy atom. The molecule has 7 heteroatoms. The van der Waals surface area contributed by atoms with Crippen molar-refractivity contribution in [3.8, 4) is 0 Å². The highest BCUT2D eigenvalue weighted by atomic mass is 19.3. The second-order valence-electron chi connectivity index (χ2n) is 3.99. The number of halogens is 2. The molecule has 0 bridgehead atoms. The molecular formula is C11H11F2N3O2. The molecule has 2 heterocycles. The number of aromatic nitrogens is 3. The number of carboxylic acids is 1. The first kappa shape index (κ1) is 12.4. The molecule has 0 saturated carbocycles. The summed E-state index contributed by atoms with van der Waals surface area (Å²) in [4.78, 5) is 14.8. The minimum Gasteiger partial charge on any atom is -0.480 e. The molecule has 2 rings (SSSR count). The van der Waals surface area contributed by atoms with E-state index in [9.17, 15) is 13.6 Å². The fraction of sp³-hybridized carbons (Fsp3) is 0.364. The van der Waals surface area contributed by atoms with Gasteiger partial charge in [0.1, 0.15) is 6.54 Å². The van der Waals surface area contributed by atoms with Gasteiger partial charge in [-0.1, -0.05) is 0 Å². The number of aliphatic carboxylic acids is 1. The zero-order chi connectivity index (χ0) is 13.4. The zero-order valence-corrected chi connectivity index (χ0v) is 9.81. The predicted octanol–water partition coefficient (Wildman–Crippen LogP) is 2.07. The minimum absolute atomic E-state index is 0.161. The molecule has 0 radical (unpaired) electrons. The summed E-state index contributed by atoms with van der Waals surface area (Å²) in [6, 6.07) is 1.30. The molecule has 5 nitrogen and oxygen atoms in total. The van der Waals surface area contributed by atoms with Crippen molar-refractivity contribution in [1.82, 2.24) is 14.8 Å². The van der Waals surface area contributed by atoms with Crippen molar-refractivity contribution in [2.24, 2.45) is 0 Å². The molecule has 0 aliphatic heterocycles. The van der Waals surface area contributed by atoms with E-state index in [1.165, 1.54) is 6.07 Å². The average Bonchev–Trinajstić information content (AvgIpc) is 2.53. The maximum atomic E-state index is 12.9. The number of aryl methyl sites for hydroxylation is 2. The summed E-state index contributed by atoms with van der Waals surface area (Å²) >= 11 is 0. The van der Waals surface area contributed by atoms with Crippen LogP contribution in [0.3, 0.4) is 0 Å². The monoisotopic (exact) mass is 255 g/mol. The van der Waals surface area contributed by atoms with Crippen LogP contribution in [-0.4, -0.2) is 25.8 Å². The summed E-state index contributed by atoms with van der Waals surface area (Å²) in [5.41, 5.74) is 0.787. The van der Waals surface area contributed by atoms with Gasteiger partial charge < -0.3 is 5.11 Å². The summed E-state index contributed by atoms with van der Waals surface area (Å²) < 4.78 is 27.0. The lowest BCUT2D eigenvalue weighted by Gasteiger charge is -2.04. The SMILES string of the molecule is Cc1cc(C(F)F)c2c(C)nn(CC(=O)O)c2n1. The molecular weight excluding hydrogens is 244 g/mol. The maximum absolute atomic E-state index is 12.9. The van der Waals surface area contributed by atoms with E-state index in [2.05, 4.69) is 10.1 Å². The third kappa shape index (κ3) is 2.03. The Morgan fingerprint density at radius 3 is 2.72 bits per heavy atom. The fourth-order valence-corrected chi connectivity index (χ4v) is 1.93. The van der Waals surface area contributed by atoms with Crippen LogP contribution in [0.15, 0.2) is 6.07 Å². The average molecular weight is 255 g/mol. The first-order chi connectivity index (χ1) is 8.40. The normalized spacial score (nSPS) is 11.4. The molecule has 96 valence electrons. The van der Waals surface area contributed by atoms with Gasteiger partial charge in [-0.2, -0.15) is 5.10 Å². The standard InChI is InChI=1S/C11H11F2N3O2/c1-5-3-7(10(12)13)9-6(2)15-16(4-8(17)18)11(9)14-5/h3,10H,4H2,1-2H3,(H,17,18).